The van der Waals surface area contributed by atoms with Gasteiger partial charge in [-0.1, -0.05) is 50.1 Å². The van der Waals surface area contributed by atoms with Crippen LogP contribution in [-0.2, 0) is 22.4 Å². The molecule has 0 saturated heterocycles. The standard InChI is InChI=1S/C28H34N2O5.C4H11N/c1-4-6-8-10-11-25-29-24(20(3)35-25)16-18-34-22-14-13-21-15-17-30(26(31)12-9-7-5-2)27(28(32)33)23(21)19-22;1-4(2,3)5/h5,7,9-14,19,27H,4,6,8,15-18H2,1-3H3,(H,32,33);5H2,1-3H3/b7-5?,11-10+,12-9?;. The molecule has 8 heteroatoms. The molecule has 1 aliphatic rings. The fraction of sp³-hybridized carbons (Fsp3) is 0.469. The number of aryl methyl sites for hydroxylation is 1. The summed E-state index contributed by atoms with van der Waals surface area (Å²) >= 11 is 0. The molecule has 2 aromatic rings. The van der Waals surface area contributed by atoms with Gasteiger partial charge < -0.3 is 24.9 Å². The van der Waals surface area contributed by atoms with Gasteiger partial charge in [-0.05, 0) is 76.8 Å². The van der Waals surface area contributed by atoms with Gasteiger partial charge in [0, 0.05) is 24.6 Å². The van der Waals surface area contributed by atoms with Crippen molar-refractivity contribution >= 4 is 18.0 Å². The Labute approximate surface area is 238 Å². The number of carboxylic acids is 1. The molecular weight excluding hydrogens is 506 g/mol. The van der Waals surface area contributed by atoms with Gasteiger partial charge in [0.1, 0.15) is 11.5 Å². The topological polar surface area (TPSA) is 119 Å². The Bertz CT molecular complexity index is 1200. The Morgan fingerprint density at radius 3 is 2.65 bits per heavy atom. The molecule has 0 aliphatic carbocycles. The number of nitrogens with zero attached hydrogens (tertiary/aromatic N) is 2. The molecule has 2 heterocycles. The number of aliphatic carboxylic acids is 1. The Morgan fingerprint density at radius 1 is 1.27 bits per heavy atom. The lowest BCUT2D eigenvalue weighted by molar-refractivity contribution is -0.149. The van der Waals surface area contributed by atoms with E-state index in [1.54, 1.807) is 24.3 Å². The third-order valence-corrected chi connectivity index (χ3v) is 5.91. The van der Waals surface area contributed by atoms with Crippen LogP contribution in [0.2, 0.25) is 0 Å². The average Bonchev–Trinajstić information content (AvgIpc) is 3.23. The number of allylic oxidation sites excluding steroid dienone is 4. The van der Waals surface area contributed by atoms with Crippen molar-refractivity contribution in [3.8, 4) is 5.75 Å². The fourth-order valence-electron chi connectivity index (χ4n) is 4.06. The number of unbranched alkanes of at least 4 members (excludes halogenated alkanes) is 2. The van der Waals surface area contributed by atoms with Crippen LogP contribution in [0.5, 0.6) is 5.75 Å². The number of hydrogen-bond acceptors (Lipinski definition) is 6. The first-order valence-corrected chi connectivity index (χ1v) is 13.9. The van der Waals surface area contributed by atoms with Crippen LogP contribution in [0.3, 0.4) is 0 Å². The van der Waals surface area contributed by atoms with Crippen LogP contribution >= 0.6 is 0 Å². The number of fused-ring (bicyclic) bond motifs is 1. The van der Waals surface area contributed by atoms with Gasteiger partial charge in [0.15, 0.2) is 6.04 Å². The lowest BCUT2D eigenvalue weighted by atomic mass is 9.92. The molecule has 3 N–H and O–H groups in total. The van der Waals surface area contributed by atoms with Crippen molar-refractivity contribution in [1.29, 1.82) is 0 Å². The van der Waals surface area contributed by atoms with Crippen LogP contribution in [-0.4, -0.2) is 45.6 Å². The van der Waals surface area contributed by atoms with Crippen LogP contribution < -0.4 is 10.5 Å². The van der Waals surface area contributed by atoms with Gasteiger partial charge in [-0.2, -0.15) is 0 Å². The molecule has 218 valence electrons. The monoisotopic (exact) mass is 551 g/mol. The van der Waals surface area contributed by atoms with Crippen molar-refractivity contribution in [2.75, 3.05) is 13.2 Å². The third kappa shape index (κ3) is 10.8. The largest absolute Gasteiger partial charge is 0.493 e. The number of hydrogen-bond donors (Lipinski definition) is 2. The predicted molar refractivity (Wildman–Crippen MR) is 159 cm³/mol. The first kappa shape index (κ1) is 32.6. The number of aromatic nitrogens is 1. The zero-order chi connectivity index (χ0) is 29.7. The Hall–Kier alpha value is -3.65. The maximum absolute atomic E-state index is 12.6. The number of benzene rings is 1. The highest BCUT2D eigenvalue weighted by Gasteiger charge is 2.35. The summed E-state index contributed by atoms with van der Waals surface area (Å²) in [5, 5.41) is 9.92. The van der Waals surface area contributed by atoms with Crippen molar-refractivity contribution in [1.82, 2.24) is 9.88 Å². The van der Waals surface area contributed by atoms with E-state index in [1.165, 1.54) is 11.0 Å². The van der Waals surface area contributed by atoms with Gasteiger partial charge in [-0.25, -0.2) is 9.78 Å². The molecule has 1 aromatic carbocycles. The number of ether oxygens (including phenoxy) is 1. The zero-order valence-electron chi connectivity index (χ0n) is 24.8. The highest BCUT2D eigenvalue weighted by atomic mass is 16.5. The maximum Gasteiger partial charge on any atom is 0.331 e. The minimum atomic E-state index is -1.06. The first-order chi connectivity index (χ1) is 18.9. The first-order valence-electron chi connectivity index (χ1n) is 13.9. The zero-order valence-corrected chi connectivity index (χ0v) is 24.8. The van der Waals surface area contributed by atoms with Crippen molar-refractivity contribution in [3.05, 3.63) is 77.1 Å². The molecule has 0 bridgehead atoms. The molecule has 0 radical (unpaired) electrons. The van der Waals surface area contributed by atoms with Crippen molar-refractivity contribution < 1.29 is 23.8 Å². The van der Waals surface area contributed by atoms with E-state index in [9.17, 15) is 14.7 Å². The number of oxazole rings is 1. The predicted octanol–water partition coefficient (Wildman–Crippen LogP) is 6.19. The maximum atomic E-state index is 12.6. The fourth-order valence-corrected chi connectivity index (χ4v) is 4.06. The number of amides is 1. The summed E-state index contributed by atoms with van der Waals surface area (Å²) in [5.74, 6) is 0.539. The Balaban J connectivity index is 0.00000103. The van der Waals surface area contributed by atoms with Gasteiger partial charge in [0.2, 0.25) is 11.8 Å². The number of carboxylic acid groups (broad SMARTS) is 1. The number of nitrogens with two attached hydrogens (primary N) is 1. The second kappa shape index (κ2) is 15.8. The average molecular weight is 552 g/mol. The third-order valence-electron chi connectivity index (χ3n) is 5.91. The molecule has 1 aromatic heterocycles. The minimum Gasteiger partial charge on any atom is -0.493 e. The van der Waals surface area contributed by atoms with E-state index >= 15 is 0 Å². The van der Waals surface area contributed by atoms with Gasteiger partial charge >= 0.3 is 5.97 Å². The summed E-state index contributed by atoms with van der Waals surface area (Å²) in [4.78, 5) is 30.7. The van der Waals surface area contributed by atoms with E-state index in [0.29, 0.717) is 43.2 Å². The van der Waals surface area contributed by atoms with Crippen LogP contribution in [0.25, 0.3) is 6.08 Å². The van der Waals surface area contributed by atoms with E-state index in [2.05, 4.69) is 18.0 Å². The molecule has 1 aliphatic heterocycles. The summed E-state index contributed by atoms with van der Waals surface area (Å²) in [7, 11) is 0. The van der Waals surface area contributed by atoms with Crippen molar-refractivity contribution in [2.24, 2.45) is 5.73 Å². The Kier molecular flexibility index (Phi) is 12.9. The molecule has 1 unspecified atom stereocenters. The SMILES string of the molecule is CC(C)(C)N.CC=CC=CC(=O)N1CCc2ccc(OCCc3nc(/C=C/CCCC)oc3C)cc2C1C(=O)O. The van der Waals surface area contributed by atoms with Crippen molar-refractivity contribution in [2.45, 2.75) is 85.2 Å². The van der Waals surface area contributed by atoms with Gasteiger partial charge in [-0.3, -0.25) is 4.79 Å². The summed E-state index contributed by atoms with van der Waals surface area (Å²) < 4.78 is 11.7. The van der Waals surface area contributed by atoms with Gasteiger partial charge in [0.05, 0.1) is 12.3 Å². The molecule has 3 rings (SSSR count). The lowest BCUT2D eigenvalue weighted by Gasteiger charge is -2.34. The second-order valence-corrected chi connectivity index (χ2v) is 10.8. The van der Waals surface area contributed by atoms with E-state index in [4.69, 9.17) is 14.9 Å². The summed E-state index contributed by atoms with van der Waals surface area (Å²) in [6.07, 6.45) is 15.0. The Morgan fingerprint density at radius 2 is 2.00 bits per heavy atom. The normalized spacial score (nSPS) is 15.4. The highest BCUT2D eigenvalue weighted by Crippen LogP contribution is 2.33. The number of carbonyl (C=O) groups is 2. The summed E-state index contributed by atoms with van der Waals surface area (Å²) in [6, 6.07) is 4.42. The van der Waals surface area contributed by atoms with Crippen LogP contribution in [0.4, 0.5) is 0 Å². The summed E-state index contributed by atoms with van der Waals surface area (Å²) in [5.41, 5.74) is 7.70. The summed E-state index contributed by atoms with van der Waals surface area (Å²) in [6.45, 7) is 12.5. The van der Waals surface area contributed by atoms with E-state index in [1.807, 2.05) is 52.8 Å². The van der Waals surface area contributed by atoms with E-state index in [0.717, 1.165) is 36.3 Å². The van der Waals surface area contributed by atoms with Crippen LogP contribution in [0.15, 0.2) is 53.0 Å². The van der Waals surface area contributed by atoms with Crippen molar-refractivity contribution in [3.63, 3.8) is 0 Å². The molecule has 8 nitrogen and oxygen atoms in total. The van der Waals surface area contributed by atoms with Crippen LogP contribution in [0, 0.1) is 6.92 Å². The molecule has 0 saturated carbocycles. The lowest BCUT2D eigenvalue weighted by Crippen LogP contribution is -2.42. The second-order valence-electron chi connectivity index (χ2n) is 10.8. The van der Waals surface area contributed by atoms with Gasteiger partial charge in [-0.15, -0.1) is 0 Å². The number of rotatable bonds is 11. The quantitative estimate of drug-likeness (QED) is 0.194. The molecule has 1 atom stereocenters. The smallest absolute Gasteiger partial charge is 0.331 e. The van der Waals surface area contributed by atoms with E-state index < -0.39 is 12.0 Å². The molecule has 1 amide bonds. The van der Waals surface area contributed by atoms with Gasteiger partial charge in [0.25, 0.3) is 0 Å². The molecule has 40 heavy (non-hydrogen) atoms. The number of carbonyl (C=O) groups excluding carboxylic acids is 1. The molecule has 0 spiro atoms. The molecular formula is C32H45N3O5. The highest BCUT2D eigenvalue weighted by molar-refractivity contribution is 5.92. The van der Waals surface area contributed by atoms with Crippen LogP contribution in [0.1, 0.15) is 88.4 Å². The van der Waals surface area contributed by atoms with E-state index in [-0.39, 0.29) is 11.4 Å². The minimum absolute atomic E-state index is 0. The molecule has 0 fully saturated rings.